The number of anilines is 1. The predicted molar refractivity (Wildman–Crippen MR) is 128 cm³/mol. The van der Waals surface area contributed by atoms with Gasteiger partial charge >= 0.3 is 0 Å². The number of allylic oxidation sites excluding steroid dienone is 1. The molecule has 3 rings (SSSR count). The van der Waals surface area contributed by atoms with Crippen molar-refractivity contribution in [1.82, 2.24) is 20.1 Å². The lowest BCUT2D eigenvalue weighted by Crippen LogP contribution is -2.29. The average Bonchev–Trinajstić information content (AvgIpc) is 3.18. The number of carbonyl (C=O) groups excluding carboxylic acids is 2. The van der Waals surface area contributed by atoms with Crippen molar-refractivity contribution in [2.45, 2.75) is 38.5 Å². The van der Waals surface area contributed by atoms with Gasteiger partial charge < -0.3 is 15.2 Å². The summed E-state index contributed by atoms with van der Waals surface area (Å²) in [5, 5.41) is 14.6. The molecule has 0 aliphatic carbocycles. The zero-order valence-electron chi connectivity index (χ0n) is 18.8. The van der Waals surface area contributed by atoms with Crippen molar-refractivity contribution in [3.63, 3.8) is 0 Å². The summed E-state index contributed by atoms with van der Waals surface area (Å²) in [6.45, 7) is 9.74. The molecule has 0 fully saturated rings. The number of carbonyl (C=O) groups is 2. The van der Waals surface area contributed by atoms with E-state index in [1.165, 1.54) is 23.9 Å². The summed E-state index contributed by atoms with van der Waals surface area (Å²) in [4.78, 5) is 25.0. The Morgan fingerprint density at radius 1 is 1.21 bits per heavy atom. The molecule has 7 nitrogen and oxygen atoms in total. The molecule has 0 saturated carbocycles. The standard InChI is InChI=1S/C24H26FN5O2S/c1-5-11-30-22(17(4)26-23(32)18-8-6-7-15(2)12-18)28-29-24(30)33-14-21(31)27-20-13-19(25)10-9-16(20)3/h5-10,12-13,17H,1,11,14H2,2-4H3,(H,26,32)(H,27,31)/t17-/m0/s1. The number of aryl methyl sites for hydroxylation is 2. The summed E-state index contributed by atoms with van der Waals surface area (Å²) < 4.78 is 15.3. The number of halogens is 1. The molecule has 0 radical (unpaired) electrons. The van der Waals surface area contributed by atoms with Crippen LogP contribution in [-0.2, 0) is 11.3 Å². The highest BCUT2D eigenvalue weighted by Crippen LogP contribution is 2.22. The SMILES string of the molecule is C=CCn1c(SCC(=O)Nc2cc(F)ccc2C)nnc1[C@H](C)NC(=O)c1cccc(C)c1. The zero-order chi connectivity index (χ0) is 24.0. The molecule has 1 heterocycles. The second-order valence-electron chi connectivity index (χ2n) is 7.60. The zero-order valence-corrected chi connectivity index (χ0v) is 19.6. The second kappa shape index (κ2) is 10.9. The van der Waals surface area contributed by atoms with Gasteiger partial charge in [0.1, 0.15) is 5.82 Å². The van der Waals surface area contributed by atoms with Crippen LogP contribution in [0.25, 0.3) is 0 Å². The molecule has 2 aromatic carbocycles. The summed E-state index contributed by atoms with van der Waals surface area (Å²) in [7, 11) is 0. The van der Waals surface area contributed by atoms with E-state index in [2.05, 4.69) is 27.4 Å². The molecule has 0 saturated heterocycles. The Balaban J connectivity index is 1.68. The third-order valence-corrected chi connectivity index (χ3v) is 5.85. The van der Waals surface area contributed by atoms with Gasteiger partial charge in [0.2, 0.25) is 5.91 Å². The first kappa shape index (κ1) is 24.2. The third-order valence-electron chi connectivity index (χ3n) is 4.88. The Morgan fingerprint density at radius 3 is 2.73 bits per heavy atom. The van der Waals surface area contributed by atoms with Crippen LogP contribution in [0.1, 0.15) is 40.3 Å². The molecular weight excluding hydrogens is 441 g/mol. The monoisotopic (exact) mass is 467 g/mol. The lowest BCUT2D eigenvalue weighted by atomic mass is 10.1. The first-order valence-electron chi connectivity index (χ1n) is 10.4. The fraction of sp³-hybridized carbons (Fsp3) is 0.250. The van der Waals surface area contributed by atoms with E-state index >= 15 is 0 Å². The van der Waals surface area contributed by atoms with E-state index < -0.39 is 11.9 Å². The lowest BCUT2D eigenvalue weighted by molar-refractivity contribution is -0.113. The number of amides is 2. The third kappa shape index (κ3) is 6.29. The van der Waals surface area contributed by atoms with Crippen molar-refractivity contribution in [3.05, 3.63) is 83.5 Å². The Morgan fingerprint density at radius 2 is 2.00 bits per heavy atom. The van der Waals surface area contributed by atoms with Gasteiger partial charge in [-0.25, -0.2) is 4.39 Å². The topological polar surface area (TPSA) is 88.9 Å². The van der Waals surface area contributed by atoms with Crippen LogP contribution in [0.15, 0.2) is 60.3 Å². The van der Waals surface area contributed by atoms with Gasteiger partial charge in [0.25, 0.3) is 5.91 Å². The van der Waals surface area contributed by atoms with Gasteiger partial charge in [-0.05, 0) is 50.6 Å². The van der Waals surface area contributed by atoms with E-state index in [-0.39, 0.29) is 17.6 Å². The second-order valence-corrected chi connectivity index (χ2v) is 8.54. The highest BCUT2D eigenvalue weighted by atomic mass is 32.2. The van der Waals surface area contributed by atoms with E-state index in [0.717, 1.165) is 11.1 Å². The van der Waals surface area contributed by atoms with E-state index in [1.54, 1.807) is 29.7 Å². The van der Waals surface area contributed by atoms with Gasteiger partial charge in [0, 0.05) is 17.8 Å². The highest BCUT2D eigenvalue weighted by Gasteiger charge is 2.20. The molecule has 0 unspecified atom stereocenters. The molecule has 1 aromatic heterocycles. The van der Waals surface area contributed by atoms with Crippen molar-refractivity contribution in [1.29, 1.82) is 0 Å². The Kier molecular flexibility index (Phi) is 8.00. The molecule has 9 heteroatoms. The first-order valence-corrected chi connectivity index (χ1v) is 11.4. The molecule has 0 spiro atoms. The Hall–Kier alpha value is -3.46. The number of hydrogen-bond donors (Lipinski definition) is 2. The number of nitrogens with one attached hydrogen (secondary N) is 2. The minimum Gasteiger partial charge on any atom is -0.342 e. The van der Waals surface area contributed by atoms with Crippen LogP contribution in [0.4, 0.5) is 10.1 Å². The van der Waals surface area contributed by atoms with Crippen molar-refractivity contribution in [2.75, 3.05) is 11.1 Å². The van der Waals surface area contributed by atoms with E-state index in [4.69, 9.17) is 0 Å². The smallest absolute Gasteiger partial charge is 0.251 e. The molecule has 172 valence electrons. The fourth-order valence-corrected chi connectivity index (χ4v) is 3.96. The van der Waals surface area contributed by atoms with Crippen molar-refractivity contribution in [2.24, 2.45) is 0 Å². The van der Waals surface area contributed by atoms with Crippen LogP contribution in [0.3, 0.4) is 0 Å². The Labute approximate surface area is 196 Å². The quantitative estimate of drug-likeness (QED) is 0.359. The minimum atomic E-state index is -0.416. The first-order chi connectivity index (χ1) is 15.8. The van der Waals surface area contributed by atoms with Gasteiger partial charge in [0.05, 0.1) is 11.8 Å². The van der Waals surface area contributed by atoms with E-state index in [1.807, 2.05) is 32.0 Å². The van der Waals surface area contributed by atoms with Crippen LogP contribution in [0.2, 0.25) is 0 Å². The molecule has 0 aliphatic heterocycles. The largest absolute Gasteiger partial charge is 0.342 e. The number of rotatable bonds is 9. The number of aromatic nitrogens is 3. The van der Waals surface area contributed by atoms with Gasteiger partial charge in [-0.3, -0.25) is 9.59 Å². The maximum Gasteiger partial charge on any atom is 0.251 e. The number of benzene rings is 2. The number of nitrogens with zero attached hydrogens (tertiary/aromatic N) is 3. The summed E-state index contributed by atoms with van der Waals surface area (Å²) >= 11 is 1.20. The molecule has 2 amide bonds. The van der Waals surface area contributed by atoms with E-state index in [9.17, 15) is 14.0 Å². The summed E-state index contributed by atoms with van der Waals surface area (Å²) in [6.07, 6.45) is 1.70. The summed E-state index contributed by atoms with van der Waals surface area (Å²) in [5.74, 6) is -0.294. The van der Waals surface area contributed by atoms with Gasteiger partial charge in [-0.1, -0.05) is 41.6 Å². The molecular formula is C24H26FN5O2S. The summed E-state index contributed by atoms with van der Waals surface area (Å²) in [5.41, 5.74) is 2.76. The van der Waals surface area contributed by atoms with Gasteiger partial charge in [-0.2, -0.15) is 0 Å². The van der Waals surface area contributed by atoms with Crippen molar-refractivity contribution < 1.29 is 14.0 Å². The normalized spacial score (nSPS) is 11.6. The molecule has 1 atom stereocenters. The molecule has 2 N–H and O–H groups in total. The predicted octanol–water partition coefficient (Wildman–Crippen LogP) is 4.44. The summed E-state index contributed by atoms with van der Waals surface area (Å²) in [6, 6.07) is 11.2. The highest BCUT2D eigenvalue weighted by molar-refractivity contribution is 7.99. The number of thioether (sulfide) groups is 1. The van der Waals surface area contributed by atoms with Gasteiger partial charge in [-0.15, -0.1) is 16.8 Å². The van der Waals surface area contributed by atoms with Crippen LogP contribution in [-0.4, -0.2) is 32.3 Å². The van der Waals surface area contributed by atoms with E-state index in [0.29, 0.717) is 28.8 Å². The average molecular weight is 468 g/mol. The maximum atomic E-state index is 13.5. The minimum absolute atomic E-state index is 0.0647. The molecule has 33 heavy (non-hydrogen) atoms. The van der Waals surface area contributed by atoms with Crippen LogP contribution >= 0.6 is 11.8 Å². The lowest BCUT2D eigenvalue weighted by Gasteiger charge is -2.15. The molecule has 0 aliphatic rings. The maximum absolute atomic E-state index is 13.5. The molecule has 3 aromatic rings. The fourth-order valence-electron chi connectivity index (χ4n) is 3.20. The van der Waals surface area contributed by atoms with Crippen LogP contribution < -0.4 is 10.6 Å². The van der Waals surface area contributed by atoms with Crippen molar-refractivity contribution in [3.8, 4) is 0 Å². The van der Waals surface area contributed by atoms with Crippen molar-refractivity contribution >= 4 is 29.3 Å². The van der Waals surface area contributed by atoms with Gasteiger partial charge in [0.15, 0.2) is 11.0 Å². The van der Waals surface area contributed by atoms with Crippen LogP contribution in [0.5, 0.6) is 0 Å². The Bertz CT molecular complexity index is 1180. The van der Waals surface area contributed by atoms with Crippen LogP contribution in [0, 0.1) is 19.7 Å². The molecule has 0 bridgehead atoms. The number of hydrogen-bond acceptors (Lipinski definition) is 5.